The lowest BCUT2D eigenvalue weighted by atomic mass is 10.2. The zero-order chi connectivity index (χ0) is 12.1. The summed E-state index contributed by atoms with van der Waals surface area (Å²) in [5.41, 5.74) is 1.28. The first-order valence-corrected chi connectivity index (χ1v) is 6.09. The molecule has 17 heavy (non-hydrogen) atoms. The zero-order valence-corrected chi connectivity index (χ0v) is 9.81. The summed E-state index contributed by atoms with van der Waals surface area (Å²) < 4.78 is 0. The van der Waals surface area contributed by atoms with Gasteiger partial charge in [0, 0.05) is 17.5 Å². The van der Waals surface area contributed by atoms with Crippen LogP contribution in [-0.2, 0) is 5.75 Å². The number of nitrogens with zero attached hydrogens (tertiary/aromatic N) is 1. The number of carboxylic acids is 1. The number of pyridine rings is 1. The summed E-state index contributed by atoms with van der Waals surface area (Å²) in [5.74, 6) is -0.494. The molecule has 0 saturated heterocycles. The highest BCUT2D eigenvalue weighted by molar-refractivity contribution is 7.98. The molecule has 0 amide bonds. The minimum absolute atomic E-state index is 0.147. The van der Waals surface area contributed by atoms with Crippen molar-refractivity contribution in [3.63, 3.8) is 0 Å². The molecule has 2 rings (SSSR count). The summed E-state index contributed by atoms with van der Waals surface area (Å²) in [4.78, 5) is 14.9. The Labute approximate surface area is 104 Å². The fourth-order valence-electron chi connectivity index (χ4n) is 1.39. The third kappa shape index (κ3) is 3.07. The van der Waals surface area contributed by atoms with Crippen molar-refractivity contribution < 1.29 is 9.90 Å². The van der Waals surface area contributed by atoms with E-state index >= 15 is 0 Å². The first-order valence-electron chi connectivity index (χ1n) is 5.10. The fourth-order valence-corrected chi connectivity index (χ4v) is 2.33. The van der Waals surface area contributed by atoms with Crippen LogP contribution in [0.5, 0.6) is 0 Å². The molecule has 0 aliphatic carbocycles. The van der Waals surface area contributed by atoms with Gasteiger partial charge in [0.15, 0.2) is 0 Å². The van der Waals surface area contributed by atoms with Gasteiger partial charge in [0.05, 0.1) is 5.97 Å². The first kappa shape index (κ1) is 11.7. The number of rotatable bonds is 4. The van der Waals surface area contributed by atoms with Crippen LogP contribution in [-0.4, -0.2) is 11.0 Å². The number of hydrogen-bond acceptors (Lipinski definition) is 4. The number of aromatic carboxylic acids is 1. The van der Waals surface area contributed by atoms with Crippen LogP contribution in [0.25, 0.3) is 0 Å². The maximum atomic E-state index is 10.9. The van der Waals surface area contributed by atoms with E-state index < -0.39 is 5.97 Å². The Morgan fingerprint density at radius 1 is 1.18 bits per heavy atom. The molecule has 2 aromatic rings. The first-order chi connectivity index (χ1) is 8.27. The number of carbonyl (C=O) groups excluding carboxylic acids is 1. The van der Waals surface area contributed by atoms with E-state index in [0.29, 0.717) is 10.8 Å². The number of carboxylic acid groups (broad SMARTS) is 1. The molecule has 0 radical (unpaired) electrons. The van der Waals surface area contributed by atoms with Crippen molar-refractivity contribution in [3.8, 4) is 0 Å². The molecule has 0 unspecified atom stereocenters. The normalized spacial score (nSPS) is 10.1. The molecular formula is C13H10NO2S-. The monoisotopic (exact) mass is 244 g/mol. The summed E-state index contributed by atoms with van der Waals surface area (Å²) in [6.07, 6.45) is 1.58. The molecule has 0 aliphatic rings. The van der Waals surface area contributed by atoms with Crippen LogP contribution in [0.4, 0.5) is 0 Å². The van der Waals surface area contributed by atoms with E-state index in [1.807, 2.05) is 30.3 Å². The average Bonchev–Trinajstić information content (AvgIpc) is 2.38. The summed E-state index contributed by atoms with van der Waals surface area (Å²) in [6.45, 7) is 0. The van der Waals surface area contributed by atoms with E-state index in [4.69, 9.17) is 0 Å². The van der Waals surface area contributed by atoms with Crippen molar-refractivity contribution in [1.82, 2.24) is 4.98 Å². The number of benzene rings is 1. The molecule has 0 spiro atoms. The van der Waals surface area contributed by atoms with Crippen molar-refractivity contribution >= 4 is 17.7 Å². The highest BCUT2D eigenvalue weighted by Crippen LogP contribution is 2.23. The molecule has 0 saturated carbocycles. The van der Waals surface area contributed by atoms with Gasteiger partial charge in [-0.1, -0.05) is 30.3 Å². The largest absolute Gasteiger partial charge is 0.545 e. The second-order valence-corrected chi connectivity index (χ2v) is 4.38. The topological polar surface area (TPSA) is 53.0 Å². The fraction of sp³-hybridized carbons (Fsp3) is 0.0769. The maximum Gasteiger partial charge on any atom is 0.105 e. The van der Waals surface area contributed by atoms with Crippen LogP contribution >= 0.6 is 11.8 Å². The second-order valence-electron chi connectivity index (χ2n) is 3.42. The summed E-state index contributed by atoms with van der Waals surface area (Å²) in [6, 6.07) is 12.9. The molecular weight excluding hydrogens is 234 g/mol. The molecule has 1 heterocycles. The third-order valence-electron chi connectivity index (χ3n) is 2.21. The van der Waals surface area contributed by atoms with Crippen molar-refractivity contribution in [2.45, 2.75) is 10.8 Å². The highest BCUT2D eigenvalue weighted by atomic mass is 32.2. The SMILES string of the molecule is O=C([O-])c1cccnc1SCc1ccccc1. The quantitative estimate of drug-likeness (QED) is 0.769. The van der Waals surface area contributed by atoms with Gasteiger partial charge in [-0.25, -0.2) is 4.98 Å². The maximum absolute atomic E-state index is 10.9. The number of hydrogen-bond donors (Lipinski definition) is 0. The minimum atomic E-state index is -1.19. The standard InChI is InChI=1S/C13H11NO2S/c15-13(16)11-7-4-8-14-12(11)17-9-10-5-2-1-3-6-10/h1-8H,9H2,(H,15,16)/p-1. The molecule has 1 aromatic heterocycles. The Morgan fingerprint density at radius 3 is 2.65 bits per heavy atom. The molecule has 0 N–H and O–H groups in total. The average molecular weight is 244 g/mol. The predicted molar refractivity (Wildman–Crippen MR) is 64.6 cm³/mol. The van der Waals surface area contributed by atoms with Crippen molar-refractivity contribution in [3.05, 3.63) is 59.8 Å². The van der Waals surface area contributed by atoms with E-state index in [9.17, 15) is 9.90 Å². The van der Waals surface area contributed by atoms with Gasteiger partial charge in [0.25, 0.3) is 0 Å². The molecule has 0 fully saturated rings. The Bertz CT molecular complexity index is 514. The van der Waals surface area contributed by atoms with Crippen molar-refractivity contribution in [2.75, 3.05) is 0 Å². The molecule has 3 nitrogen and oxygen atoms in total. The van der Waals surface area contributed by atoms with Crippen LogP contribution in [0.1, 0.15) is 15.9 Å². The lowest BCUT2D eigenvalue weighted by Crippen LogP contribution is -2.23. The van der Waals surface area contributed by atoms with Gasteiger partial charge in [-0.05, 0) is 17.7 Å². The van der Waals surface area contributed by atoms with Crippen molar-refractivity contribution in [2.24, 2.45) is 0 Å². The van der Waals surface area contributed by atoms with Gasteiger partial charge in [-0.15, -0.1) is 11.8 Å². The summed E-state index contributed by atoms with van der Waals surface area (Å²) >= 11 is 1.40. The molecule has 4 heteroatoms. The van der Waals surface area contributed by atoms with E-state index in [1.165, 1.54) is 17.8 Å². The molecule has 0 aliphatic heterocycles. The van der Waals surface area contributed by atoms with Gasteiger partial charge < -0.3 is 9.90 Å². The van der Waals surface area contributed by atoms with Gasteiger partial charge in [0.2, 0.25) is 0 Å². The van der Waals surface area contributed by atoms with Crippen LogP contribution in [0.2, 0.25) is 0 Å². The Hall–Kier alpha value is -1.81. The van der Waals surface area contributed by atoms with Gasteiger partial charge in [0.1, 0.15) is 5.03 Å². The van der Waals surface area contributed by atoms with Crippen LogP contribution in [0, 0.1) is 0 Å². The second kappa shape index (κ2) is 5.50. The van der Waals surface area contributed by atoms with Gasteiger partial charge in [-0.3, -0.25) is 0 Å². The smallest absolute Gasteiger partial charge is 0.105 e. The Morgan fingerprint density at radius 2 is 1.94 bits per heavy atom. The van der Waals surface area contributed by atoms with E-state index in [1.54, 1.807) is 12.3 Å². The number of thioether (sulfide) groups is 1. The molecule has 1 aromatic carbocycles. The van der Waals surface area contributed by atoms with Crippen LogP contribution in [0.15, 0.2) is 53.7 Å². The Kier molecular flexibility index (Phi) is 3.77. The van der Waals surface area contributed by atoms with Gasteiger partial charge >= 0.3 is 0 Å². The van der Waals surface area contributed by atoms with Crippen molar-refractivity contribution in [1.29, 1.82) is 0 Å². The lowest BCUT2D eigenvalue weighted by molar-refractivity contribution is -0.255. The molecule has 86 valence electrons. The van der Waals surface area contributed by atoms with E-state index in [0.717, 1.165) is 5.56 Å². The van der Waals surface area contributed by atoms with Crippen LogP contribution < -0.4 is 5.11 Å². The molecule has 0 atom stereocenters. The van der Waals surface area contributed by atoms with E-state index in [-0.39, 0.29) is 5.56 Å². The number of carbonyl (C=O) groups is 1. The molecule has 0 bridgehead atoms. The lowest BCUT2D eigenvalue weighted by Gasteiger charge is -2.08. The highest BCUT2D eigenvalue weighted by Gasteiger charge is 2.04. The minimum Gasteiger partial charge on any atom is -0.545 e. The summed E-state index contributed by atoms with van der Waals surface area (Å²) in [5, 5.41) is 11.4. The third-order valence-corrected chi connectivity index (χ3v) is 3.29. The Balaban J connectivity index is 2.12. The zero-order valence-electron chi connectivity index (χ0n) is 9.00. The summed E-state index contributed by atoms with van der Waals surface area (Å²) in [7, 11) is 0. The van der Waals surface area contributed by atoms with Crippen LogP contribution in [0.3, 0.4) is 0 Å². The van der Waals surface area contributed by atoms with E-state index in [2.05, 4.69) is 4.98 Å². The number of aromatic nitrogens is 1. The predicted octanol–water partition coefficient (Wildman–Crippen LogP) is 1.74. The van der Waals surface area contributed by atoms with Gasteiger partial charge in [-0.2, -0.15) is 0 Å².